The molecule has 0 radical (unpaired) electrons. The molecule has 4 nitrogen and oxygen atoms in total. The number of carbonyl (C=O) groups excluding carboxylic acids is 1. The zero-order valence-corrected chi connectivity index (χ0v) is 11.8. The normalized spacial score (nSPS) is 29.9. The second kappa shape index (κ2) is 7.74. The summed E-state index contributed by atoms with van der Waals surface area (Å²) in [5.41, 5.74) is 0. The lowest BCUT2D eigenvalue weighted by Crippen LogP contribution is -2.40. The van der Waals surface area contributed by atoms with Crippen molar-refractivity contribution < 1.29 is 14.6 Å². The summed E-state index contributed by atoms with van der Waals surface area (Å²) in [6, 6.07) is 0.480. The Labute approximate surface area is 110 Å². The minimum atomic E-state index is -0.640. The number of rotatable bonds is 6. The van der Waals surface area contributed by atoms with Crippen molar-refractivity contribution in [3.8, 4) is 0 Å². The fourth-order valence-corrected chi connectivity index (χ4v) is 2.52. The molecular weight excluding hydrogens is 230 g/mol. The largest absolute Gasteiger partial charge is 0.466 e. The SMILES string of the molecule is CCOC(=O)CC(O)CNC1CCC(C)C(C)C1. The zero-order chi connectivity index (χ0) is 13.5. The average molecular weight is 257 g/mol. The predicted octanol–water partition coefficient (Wildman–Crippen LogP) is 1.71. The van der Waals surface area contributed by atoms with E-state index in [2.05, 4.69) is 19.2 Å². The molecule has 1 aliphatic carbocycles. The number of hydrogen-bond acceptors (Lipinski definition) is 4. The smallest absolute Gasteiger partial charge is 0.308 e. The first kappa shape index (κ1) is 15.4. The van der Waals surface area contributed by atoms with Crippen LogP contribution in [0.2, 0.25) is 0 Å². The van der Waals surface area contributed by atoms with Gasteiger partial charge in [0.25, 0.3) is 0 Å². The highest BCUT2D eigenvalue weighted by molar-refractivity contribution is 5.69. The molecule has 1 aliphatic rings. The molecule has 0 aromatic carbocycles. The van der Waals surface area contributed by atoms with Gasteiger partial charge in [0.2, 0.25) is 0 Å². The van der Waals surface area contributed by atoms with Crippen LogP contribution in [0.4, 0.5) is 0 Å². The summed E-state index contributed by atoms with van der Waals surface area (Å²) < 4.78 is 4.81. The lowest BCUT2D eigenvalue weighted by Gasteiger charge is -2.33. The van der Waals surface area contributed by atoms with Gasteiger partial charge in [0.05, 0.1) is 19.1 Å². The molecule has 0 aromatic rings. The zero-order valence-electron chi connectivity index (χ0n) is 11.8. The van der Waals surface area contributed by atoms with Crippen molar-refractivity contribution in [3.63, 3.8) is 0 Å². The van der Waals surface area contributed by atoms with Crippen LogP contribution in [-0.4, -0.2) is 36.4 Å². The first-order chi connectivity index (χ1) is 8.52. The molecule has 0 spiro atoms. The van der Waals surface area contributed by atoms with Gasteiger partial charge in [-0.15, -0.1) is 0 Å². The third kappa shape index (κ3) is 5.36. The summed E-state index contributed by atoms with van der Waals surface area (Å²) in [5, 5.41) is 13.1. The number of nitrogens with one attached hydrogen (secondary N) is 1. The lowest BCUT2D eigenvalue weighted by molar-refractivity contribution is -0.145. The first-order valence-electron chi connectivity index (χ1n) is 7.10. The summed E-state index contributed by atoms with van der Waals surface area (Å²) in [7, 11) is 0. The van der Waals surface area contributed by atoms with E-state index in [1.807, 2.05) is 0 Å². The monoisotopic (exact) mass is 257 g/mol. The number of aliphatic hydroxyl groups is 1. The molecule has 4 unspecified atom stereocenters. The standard InChI is InChI=1S/C14H27NO3/c1-4-18-14(17)8-13(16)9-15-12-6-5-10(2)11(3)7-12/h10-13,15-16H,4-9H2,1-3H3. The summed E-state index contributed by atoms with van der Waals surface area (Å²) in [6.07, 6.45) is 3.01. The average Bonchev–Trinajstić information content (AvgIpc) is 2.31. The van der Waals surface area contributed by atoms with Gasteiger partial charge in [0, 0.05) is 12.6 Å². The van der Waals surface area contributed by atoms with Crippen LogP contribution in [0.15, 0.2) is 0 Å². The van der Waals surface area contributed by atoms with E-state index in [0.717, 1.165) is 24.7 Å². The lowest BCUT2D eigenvalue weighted by atomic mass is 9.79. The Hall–Kier alpha value is -0.610. The second-order valence-electron chi connectivity index (χ2n) is 5.54. The number of hydrogen-bond donors (Lipinski definition) is 2. The van der Waals surface area contributed by atoms with Crippen molar-refractivity contribution in [2.45, 2.75) is 58.6 Å². The molecule has 1 rings (SSSR count). The summed E-state index contributed by atoms with van der Waals surface area (Å²) in [4.78, 5) is 11.2. The Morgan fingerprint density at radius 1 is 1.39 bits per heavy atom. The van der Waals surface area contributed by atoms with Crippen molar-refractivity contribution in [1.29, 1.82) is 0 Å². The molecule has 1 saturated carbocycles. The molecule has 2 N–H and O–H groups in total. The van der Waals surface area contributed by atoms with Crippen molar-refractivity contribution in [3.05, 3.63) is 0 Å². The van der Waals surface area contributed by atoms with E-state index in [1.54, 1.807) is 6.92 Å². The van der Waals surface area contributed by atoms with E-state index < -0.39 is 6.10 Å². The maximum atomic E-state index is 11.2. The number of carbonyl (C=O) groups is 1. The van der Waals surface area contributed by atoms with Crippen LogP contribution in [0.25, 0.3) is 0 Å². The molecule has 18 heavy (non-hydrogen) atoms. The fourth-order valence-electron chi connectivity index (χ4n) is 2.52. The van der Waals surface area contributed by atoms with E-state index in [4.69, 9.17) is 4.74 Å². The highest BCUT2D eigenvalue weighted by atomic mass is 16.5. The van der Waals surface area contributed by atoms with Crippen LogP contribution in [0.5, 0.6) is 0 Å². The van der Waals surface area contributed by atoms with Crippen molar-refractivity contribution >= 4 is 5.97 Å². The van der Waals surface area contributed by atoms with Gasteiger partial charge in [-0.3, -0.25) is 4.79 Å². The Morgan fingerprint density at radius 3 is 2.72 bits per heavy atom. The van der Waals surface area contributed by atoms with Gasteiger partial charge in [-0.05, 0) is 38.0 Å². The molecule has 0 aliphatic heterocycles. The molecule has 4 atom stereocenters. The number of aliphatic hydroxyl groups excluding tert-OH is 1. The Balaban J connectivity index is 2.18. The van der Waals surface area contributed by atoms with Crippen LogP contribution in [-0.2, 0) is 9.53 Å². The predicted molar refractivity (Wildman–Crippen MR) is 71.2 cm³/mol. The Bertz CT molecular complexity index is 257. The minimum Gasteiger partial charge on any atom is -0.466 e. The molecule has 106 valence electrons. The van der Waals surface area contributed by atoms with Crippen LogP contribution in [0, 0.1) is 11.8 Å². The summed E-state index contributed by atoms with van der Waals surface area (Å²) >= 11 is 0. The summed E-state index contributed by atoms with van der Waals surface area (Å²) in [6.45, 7) is 7.21. The van der Waals surface area contributed by atoms with E-state index in [-0.39, 0.29) is 12.4 Å². The quantitative estimate of drug-likeness (QED) is 0.711. The van der Waals surface area contributed by atoms with Crippen molar-refractivity contribution in [1.82, 2.24) is 5.32 Å². The number of esters is 1. The molecule has 1 fully saturated rings. The summed E-state index contributed by atoms with van der Waals surface area (Å²) in [5.74, 6) is 1.21. The Morgan fingerprint density at radius 2 is 2.11 bits per heavy atom. The molecule has 0 saturated heterocycles. The van der Waals surface area contributed by atoms with Gasteiger partial charge in [0.1, 0.15) is 0 Å². The van der Waals surface area contributed by atoms with E-state index in [9.17, 15) is 9.90 Å². The molecule has 0 bridgehead atoms. The van der Waals surface area contributed by atoms with Gasteiger partial charge in [-0.2, -0.15) is 0 Å². The van der Waals surface area contributed by atoms with Gasteiger partial charge in [-0.25, -0.2) is 0 Å². The van der Waals surface area contributed by atoms with Gasteiger partial charge in [-0.1, -0.05) is 13.8 Å². The van der Waals surface area contributed by atoms with Gasteiger partial charge < -0.3 is 15.2 Å². The third-order valence-electron chi connectivity index (χ3n) is 3.95. The third-order valence-corrected chi connectivity index (χ3v) is 3.95. The van der Waals surface area contributed by atoms with Crippen molar-refractivity contribution in [2.24, 2.45) is 11.8 Å². The van der Waals surface area contributed by atoms with Gasteiger partial charge in [0.15, 0.2) is 0 Å². The van der Waals surface area contributed by atoms with Gasteiger partial charge >= 0.3 is 5.97 Å². The van der Waals surface area contributed by atoms with E-state index in [1.165, 1.54) is 6.42 Å². The van der Waals surface area contributed by atoms with Crippen LogP contribution < -0.4 is 5.32 Å². The minimum absolute atomic E-state index is 0.0829. The van der Waals surface area contributed by atoms with E-state index >= 15 is 0 Å². The molecular formula is C14H27NO3. The van der Waals surface area contributed by atoms with E-state index in [0.29, 0.717) is 19.2 Å². The molecule has 4 heteroatoms. The highest BCUT2D eigenvalue weighted by Gasteiger charge is 2.24. The van der Waals surface area contributed by atoms with Crippen molar-refractivity contribution in [2.75, 3.05) is 13.2 Å². The molecule has 0 aromatic heterocycles. The van der Waals surface area contributed by atoms with Crippen LogP contribution in [0.3, 0.4) is 0 Å². The highest BCUT2D eigenvalue weighted by Crippen LogP contribution is 2.29. The van der Waals surface area contributed by atoms with Crippen LogP contribution >= 0.6 is 0 Å². The topological polar surface area (TPSA) is 58.6 Å². The first-order valence-corrected chi connectivity index (χ1v) is 7.10. The maximum Gasteiger partial charge on any atom is 0.308 e. The fraction of sp³-hybridized carbons (Fsp3) is 0.929. The number of ether oxygens (including phenoxy) is 1. The van der Waals surface area contributed by atoms with Crippen LogP contribution in [0.1, 0.15) is 46.5 Å². The second-order valence-corrected chi connectivity index (χ2v) is 5.54. The Kier molecular flexibility index (Phi) is 6.65. The maximum absolute atomic E-state index is 11.2. The molecule has 0 heterocycles. The molecule has 0 amide bonds.